The van der Waals surface area contributed by atoms with Crippen LogP contribution in [0, 0.1) is 27.7 Å². The summed E-state index contributed by atoms with van der Waals surface area (Å²) in [5.41, 5.74) is 11.0. The number of nitrogens with one attached hydrogen (secondary N) is 2. The van der Waals surface area contributed by atoms with Crippen LogP contribution in [0.15, 0.2) is 6.20 Å². The first kappa shape index (κ1) is 31.3. The van der Waals surface area contributed by atoms with Gasteiger partial charge in [0.15, 0.2) is 5.82 Å². The number of alkyl halides is 2. The number of nitrogens with zero attached hydrogens (tertiary/aromatic N) is 5. The number of halogens is 3. The number of aryl methyl sites for hydroxylation is 2. The van der Waals surface area contributed by atoms with Gasteiger partial charge in [0.25, 0.3) is 17.7 Å². The molecule has 2 aliphatic rings. The number of ether oxygens (including phenoxy) is 1. The highest BCUT2D eigenvalue weighted by atomic mass is 35.5. The molecule has 14 heteroatoms. The molecule has 0 radical (unpaired) electrons. The van der Waals surface area contributed by atoms with Gasteiger partial charge in [-0.15, -0.1) is 0 Å². The predicted octanol–water partition coefficient (Wildman–Crippen LogP) is 4.23. The van der Waals surface area contributed by atoms with Crippen LogP contribution < -0.4 is 20.7 Å². The van der Waals surface area contributed by atoms with E-state index >= 15 is 0 Å². The van der Waals surface area contributed by atoms with Crippen molar-refractivity contribution in [2.45, 2.75) is 53.0 Å². The van der Waals surface area contributed by atoms with Gasteiger partial charge in [-0.2, -0.15) is 4.98 Å². The molecule has 11 nitrogen and oxygen atoms in total. The van der Waals surface area contributed by atoms with Gasteiger partial charge < -0.3 is 25.7 Å². The molecule has 0 atom stereocenters. The number of methoxy groups -OCH3 is 1. The number of nitrogen functional groups attached to an aromatic ring is 1. The summed E-state index contributed by atoms with van der Waals surface area (Å²) in [5.74, 6) is -2.44. The van der Waals surface area contributed by atoms with Crippen LogP contribution in [0.5, 0.6) is 5.75 Å². The number of fused-ring (bicyclic) bond motifs is 1. The first-order valence-corrected chi connectivity index (χ1v) is 14.6. The normalized spacial score (nSPS) is 17.3. The molecule has 4 N–H and O–H groups in total. The van der Waals surface area contributed by atoms with Crippen LogP contribution in [-0.4, -0.2) is 75.9 Å². The van der Waals surface area contributed by atoms with Gasteiger partial charge in [-0.25, -0.2) is 13.8 Å². The van der Waals surface area contributed by atoms with Crippen molar-refractivity contribution in [3.8, 4) is 5.75 Å². The molecule has 234 valence electrons. The van der Waals surface area contributed by atoms with E-state index in [2.05, 4.69) is 25.3 Å². The molecule has 0 aliphatic carbocycles. The number of nitrogens with two attached hydrogens (primary N) is 1. The average molecular weight is 629 g/mol. The van der Waals surface area contributed by atoms with Crippen LogP contribution in [0.4, 0.5) is 20.5 Å². The molecule has 0 aromatic carbocycles. The van der Waals surface area contributed by atoms with E-state index in [1.165, 1.54) is 4.90 Å². The zero-order valence-electron chi connectivity index (χ0n) is 25.3. The maximum atomic E-state index is 13.9. The van der Waals surface area contributed by atoms with E-state index in [0.29, 0.717) is 65.7 Å². The smallest absolute Gasteiger partial charge is 0.260 e. The number of aromatic amines is 1. The minimum absolute atomic E-state index is 0.0233. The van der Waals surface area contributed by atoms with E-state index in [9.17, 15) is 18.4 Å². The molecule has 0 bridgehead atoms. The third kappa shape index (κ3) is 5.98. The van der Waals surface area contributed by atoms with Crippen LogP contribution in [0.3, 0.4) is 0 Å². The van der Waals surface area contributed by atoms with Crippen molar-refractivity contribution >= 4 is 46.8 Å². The van der Waals surface area contributed by atoms with E-state index in [1.54, 1.807) is 33.2 Å². The van der Waals surface area contributed by atoms with Crippen LogP contribution >= 0.6 is 11.6 Å². The molecule has 0 unspecified atom stereocenters. The van der Waals surface area contributed by atoms with Crippen molar-refractivity contribution in [1.29, 1.82) is 0 Å². The highest BCUT2D eigenvalue weighted by molar-refractivity contribution is 6.41. The summed E-state index contributed by atoms with van der Waals surface area (Å²) < 4.78 is 32.4. The topological polar surface area (TPSA) is 142 Å². The van der Waals surface area contributed by atoms with Gasteiger partial charge in [-0.05, 0) is 39.3 Å². The number of pyridine rings is 1. The molecule has 0 saturated carbocycles. The Bertz CT molecular complexity index is 1660. The number of amides is 2. The second kappa shape index (κ2) is 12.1. The van der Waals surface area contributed by atoms with Crippen molar-refractivity contribution in [1.82, 2.24) is 30.2 Å². The first-order valence-electron chi connectivity index (χ1n) is 14.2. The Kier molecular flexibility index (Phi) is 8.63. The number of rotatable bonds is 8. The quantitative estimate of drug-likeness (QED) is 0.249. The van der Waals surface area contributed by atoms with Crippen LogP contribution in [0.2, 0.25) is 5.15 Å². The SMILES string of the molecule is COc1c(C)cnc(CN2C(=O)/C(=C\c3[nH]c(C)c(C(=O)NCCN4CCC(F)(F)CC4)c3C)c3c(Cl)nc(N)nc32)c1C. The van der Waals surface area contributed by atoms with E-state index in [-0.39, 0.29) is 53.7 Å². The number of carbonyl (C=O) groups is 2. The van der Waals surface area contributed by atoms with Crippen molar-refractivity contribution in [2.24, 2.45) is 0 Å². The van der Waals surface area contributed by atoms with Gasteiger partial charge in [-0.3, -0.25) is 19.5 Å². The van der Waals surface area contributed by atoms with Crippen LogP contribution in [0.25, 0.3) is 11.6 Å². The van der Waals surface area contributed by atoms with Gasteiger partial charge in [0, 0.05) is 67.7 Å². The van der Waals surface area contributed by atoms with E-state index < -0.39 is 5.92 Å². The number of piperidine rings is 1. The van der Waals surface area contributed by atoms with Crippen molar-refractivity contribution in [3.05, 3.63) is 56.2 Å². The summed E-state index contributed by atoms with van der Waals surface area (Å²) in [7, 11) is 1.58. The van der Waals surface area contributed by atoms with E-state index in [0.717, 1.165) is 11.1 Å². The van der Waals surface area contributed by atoms with Gasteiger partial charge in [0.1, 0.15) is 10.9 Å². The Morgan fingerprint density at radius 2 is 1.91 bits per heavy atom. The second-order valence-electron chi connectivity index (χ2n) is 11.2. The summed E-state index contributed by atoms with van der Waals surface area (Å²) >= 11 is 6.53. The molecule has 2 amide bonds. The maximum Gasteiger partial charge on any atom is 0.260 e. The number of anilines is 2. The summed E-state index contributed by atoms with van der Waals surface area (Å²) in [6, 6.07) is 0. The monoisotopic (exact) mass is 628 g/mol. The number of H-pyrrole nitrogens is 1. The molecule has 2 aliphatic heterocycles. The fourth-order valence-electron chi connectivity index (χ4n) is 5.80. The number of aromatic nitrogens is 4. The molecule has 0 spiro atoms. The molecular weight excluding hydrogens is 594 g/mol. The summed E-state index contributed by atoms with van der Waals surface area (Å²) in [6.45, 7) is 8.77. The molecule has 5 heterocycles. The molecule has 3 aromatic heterocycles. The Hall–Kier alpha value is -4.10. The average Bonchev–Trinajstić information content (AvgIpc) is 3.38. The number of hydrogen-bond donors (Lipinski definition) is 3. The summed E-state index contributed by atoms with van der Waals surface area (Å²) in [5, 5.41) is 2.92. The zero-order chi connectivity index (χ0) is 31.9. The fourth-order valence-corrected chi connectivity index (χ4v) is 6.07. The molecule has 5 rings (SSSR count). The lowest BCUT2D eigenvalue weighted by Crippen LogP contribution is -2.43. The summed E-state index contributed by atoms with van der Waals surface area (Å²) in [6.07, 6.45) is 2.97. The number of hydrogen-bond acceptors (Lipinski definition) is 8. The Morgan fingerprint density at radius 1 is 1.20 bits per heavy atom. The second-order valence-corrected chi connectivity index (χ2v) is 11.5. The highest BCUT2D eigenvalue weighted by Gasteiger charge is 2.38. The molecule has 1 fully saturated rings. The maximum absolute atomic E-state index is 13.9. The largest absolute Gasteiger partial charge is 0.496 e. The lowest BCUT2D eigenvalue weighted by molar-refractivity contribution is -0.113. The fraction of sp³-hybridized carbons (Fsp3) is 0.433. The number of carbonyl (C=O) groups excluding carboxylic acids is 2. The van der Waals surface area contributed by atoms with Gasteiger partial charge >= 0.3 is 0 Å². The molecule has 1 saturated heterocycles. The van der Waals surface area contributed by atoms with Gasteiger partial charge in [0.05, 0.1) is 36.0 Å². The summed E-state index contributed by atoms with van der Waals surface area (Å²) in [4.78, 5) is 46.6. The highest BCUT2D eigenvalue weighted by Crippen LogP contribution is 2.42. The van der Waals surface area contributed by atoms with Crippen LogP contribution in [-0.2, 0) is 11.3 Å². The minimum Gasteiger partial charge on any atom is -0.496 e. The standard InChI is InChI=1S/C30H35ClF2N8O3/c1-15-13-36-21(17(3)24(15)44-5)14-41-26-23(25(31)38-29(34)39-26)19(28(41)43)12-20-16(2)22(18(4)37-20)27(42)35-8-11-40-9-6-30(32,33)7-10-40/h12-13,37H,6-11,14H2,1-5H3,(H,35,42)(H2,34,38,39)/b19-12-. The molecule has 3 aromatic rings. The third-order valence-electron chi connectivity index (χ3n) is 8.21. The van der Waals surface area contributed by atoms with E-state index in [4.69, 9.17) is 22.1 Å². The first-order chi connectivity index (χ1) is 20.8. The number of likely N-dealkylation sites (tertiary alicyclic amines) is 1. The third-order valence-corrected chi connectivity index (χ3v) is 8.49. The van der Waals surface area contributed by atoms with Gasteiger partial charge in [-0.1, -0.05) is 11.6 Å². The van der Waals surface area contributed by atoms with Crippen molar-refractivity contribution in [3.63, 3.8) is 0 Å². The molecular formula is C30H35ClF2N8O3. The predicted molar refractivity (Wildman–Crippen MR) is 164 cm³/mol. The zero-order valence-corrected chi connectivity index (χ0v) is 26.0. The lowest BCUT2D eigenvalue weighted by atomic mass is 10.1. The van der Waals surface area contributed by atoms with Crippen molar-refractivity contribution in [2.75, 3.05) is 43.9 Å². The van der Waals surface area contributed by atoms with Gasteiger partial charge in [0.2, 0.25) is 5.95 Å². The van der Waals surface area contributed by atoms with Crippen molar-refractivity contribution < 1.29 is 23.1 Å². The Labute approximate surface area is 258 Å². The van der Waals surface area contributed by atoms with E-state index in [1.807, 2.05) is 18.7 Å². The Morgan fingerprint density at radius 3 is 2.59 bits per heavy atom. The lowest BCUT2D eigenvalue weighted by Gasteiger charge is -2.31. The molecule has 44 heavy (non-hydrogen) atoms. The minimum atomic E-state index is -2.62. The van der Waals surface area contributed by atoms with Crippen LogP contribution in [0.1, 0.15) is 62.5 Å². The Balaban J connectivity index is 1.40.